The highest BCUT2D eigenvalue weighted by Gasteiger charge is 2.11. The maximum Gasteiger partial charge on any atom is 0.262 e. The lowest BCUT2D eigenvalue weighted by Crippen LogP contribution is -2.23. The van der Waals surface area contributed by atoms with E-state index in [4.69, 9.17) is 10.5 Å². The Morgan fingerprint density at radius 1 is 1.17 bits per heavy atom. The molecule has 0 aliphatic rings. The van der Waals surface area contributed by atoms with Crippen molar-refractivity contribution in [2.75, 3.05) is 11.9 Å². The van der Waals surface area contributed by atoms with Crippen LogP contribution in [0.5, 0.6) is 5.75 Å². The number of carbonyl (C=O) groups excluding carboxylic acids is 2. The molecule has 2 rings (SSSR count). The minimum Gasteiger partial charge on any atom is -0.484 e. The first-order valence-corrected chi connectivity index (χ1v) is 7.76. The molecular formula is C17H17BrN2O3. The molecule has 0 unspecified atom stereocenters. The second-order valence-corrected chi connectivity index (χ2v) is 5.91. The SMILES string of the molecule is Cc1cc(OCC(=O)Nc2ccccc2C(N)=O)cc(C)c1Br. The summed E-state index contributed by atoms with van der Waals surface area (Å²) in [7, 11) is 0. The zero-order valence-corrected chi connectivity index (χ0v) is 14.4. The van der Waals surface area contributed by atoms with Gasteiger partial charge in [-0.3, -0.25) is 9.59 Å². The van der Waals surface area contributed by atoms with Crippen molar-refractivity contribution in [3.63, 3.8) is 0 Å². The lowest BCUT2D eigenvalue weighted by molar-refractivity contribution is -0.118. The van der Waals surface area contributed by atoms with Crippen molar-refractivity contribution in [2.24, 2.45) is 5.73 Å². The molecule has 0 aromatic heterocycles. The van der Waals surface area contributed by atoms with Crippen molar-refractivity contribution in [1.29, 1.82) is 0 Å². The summed E-state index contributed by atoms with van der Waals surface area (Å²) < 4.78 is 6.53. The van der Waals surface area contributed by atoms with Crippen LogP contribution >= 0.6 is 15.9 Å². The fourth-order valence-electron chi connectivity index (χ4n) is 2.13. The maximum absolute atomic E-state index is 12.0. The molecule has 23 heavy (non-hydrogen) atoms. The zero-order valence-electron chi connectivity index (χ0n) is 12.9. The summed E-state index contributed by atoms with van der Waals surface area (Å²) in [6.07, 6.45) is 0. The average molecular weight is 377 g/mol. The van der Waals surface area contributed by atoms with Gasteiger partial charge in [0, 0.05) is 4.47 Å². The normalized spacial score (nSPS) is 10.2. The second kappa shape index (κ2) is 7.28. The molecule has 5 nitrogen and oxygen atoms in total. The lowest BCUT2D eigenvalue weighted by atomic mass is 10.1. The van der Waals surface area contributed by atoms with Crippen molar-refractivity contribution in [3.05, 3.63) is 57.6 Å². The first-order valence-electron chi connectivity index (χ1n) is 6.96. The summed E-state index contributed by atoms with van der Waals surface area (Å²) in [5.74, 6) is -0.348. The first-order chi connectivity index (χ1) is 10.9. The zero-order chi connectivity index (χ0) is 17.0. The Labute approximate surface area is 143 Å². The number of halogens is 1. The molecule has 0 spiro atoms. The van der Waals surface area contributed by atoms with E-state index in [1.165, 1.54) is 0 Å². The Bertz CT molecular complexity index is 736. The Morgan fingerprint density at radius 2 is 1.78 bits per heavy atom. The minimum absolute atomic E-state index is 0.159. The van der Waals surface area contributed by atoms with Crippen LogP contribution in [0.1, 0.15) is 21.5 Å². The van der Waals surface area contributed by atoms with Crippen LogP contribution in [0.15, 0.2) is 40.9 Å². The van der Waals surface area contributed by atoms with Crippen LogP contribution in [0.2, 0.25) is 0 Å². The van der Waals surface area contributed by atoms with Gasteiger partial charge in [0.05, 0.1) is 11.3 Å². The molecule has 0 aliphatic heterocycles. The number of hydrogen-bond donors (Lipinski definition) is 2. The van der Waals surface area contributed by atoms with Gasteiger partial charge < -0.3 is 15.8 Å². The first kappa shape index (κ1) is 17.0. The third-order valence-corrected chi connectivity index (χ3v) is 4.50. The van der Waals surface area contributed by atoms with E-state index in [0.717, 1.165) is 15.6 Å². The molecule has 0 radical (unpaired) electrons. The molecule has 2 aromatic rings. The van der Waals surface area contributed by atoms with Crippen LogP contribution in [0.4, 0.5) is 5.69 Å². The molecule has 120 valence electrons. The molecule has 0 bridgehead atoms. The summed E-state index contributed by atoms with van der Waals surface area (Å²) in [6.45, 7) is 3.74. The van der Waals surface area contributed by atoms with Crippen molar-refractivity contribution >= 4 is 33.4 Å². The number of primary amides is 1. The highest BCUT2D eigenvalue weighted by atomic mass is 79.9. The van der Waals surface area contributed by atoms with E-state index < -0.39 is 5.91 Å². The topological polar surface area (TPSA) is 81.4 Å². The standard InChI is InChI=1S/C17H17BrN2O3/c1-10-7-12(8-11(2)16(10)18)23-9-15(21)20-14-6-4-3-5-13(14)17(19)22/h3-8H,9H2,1-2H3,(H2,19,22)(H,20,21). The molecule has 0 saturated carbocycles. The van der Waals surface area contributed by atoms with E-state index >= 15 is 0 Å². The van der Waals surface area contributed by atoms with E-state index in [-0.39, 0.29) is 18.1 Å². The predicted molar refractivity (Wildman–Crippen MR) is 92.7 cm³/mol. The molecule has 0 heterocycles. The lowest BCUT2D eigenvalue weighted by Gasteiger charge is -2.11. The largest absolute Gasteiger partial charge is 0.484 e. The summed E-state index contributed by atoms with van der Waals surface area (Å²) in [4.78, 5) is 23.3. The number of nitrogens with two attached hydrogens (primary N) is 1. The molecular weight excluding hydrogens is 360 g/mol. The third-order valence-electron chi connectivity index (χ3n) is 3.25. The quantitative estimate of drug-likeness (QED) is 0.840. The van der Waals surface area contributed by atoms with Crippen LogP contribution in [-0.2, 0) is 4.79 Å². The number of anilines is 1. The Hall–Kier alpha value is -2.34. The van der Waals surface area contributed by atoms with E-state index in [1.54, 1.807) is 24.3 Å². The van der Waals surface area contributed by atoms with Crippen LogP contribution < -0.4 is 15.8 Å². The number of amides is 2. The predicted octanol–water partition coefficient (Wildman–Crippen LogP) is 3.18. The van der Waals surface area contributed by atoms with E-state index in [1.807, 2.05) is 26.0 Å². The molecule has 0 saturated heterocycles. The van der Waals surface area contributed by atoms with Crippen LogP contribution in [0, 0.1) is 13.8 Å². The Balaban J connectivity index is 2.03. The van der Waals surface area contributed by atoms with Crippen molar-refractivity contribution in [1.82, 2.24) is 0 Å². The van der Waals surface area contributed by atoms with Gasteiger partial charge in [-0.05, 0) is 49.2 Å². The fraction of sp³-hybridized carbons (Fsp3) is 0.176. The number of nitrogens with one attached hydrogen (secondary N) is 1. The Morgan fingerprint density at radius 3 is 2.39 bits per heavy atom. The average Bonchev–Trinajstić information content (AvgIpc) is 2.50. The number of para-hydroxylation sites is 1. The number of benzene rings is 2. The summed E-state index contributed by atoms with van der Waals surface area (Å²) in [6, 6.07) is 10.3. The van der Waals surface area contributed by atoms with E-state index in [9.17, 15) is 9.59 Å². The van der Waals surface area contributed by atoms with Gasteiger partial charge in [-0.25, -0.2) is 0 Å². The number of carbonyl (C=O) groups is 2. The number of ether oxygens (including phenoxy) is 1. The van der Waals surface area contributed by atoms with Gasteiger partial charge in [0.15, 0.2) is 6.61 Å². The molecule has 2 aromatic carbocycles. The fourth-order valence-corrected chi connectivity index (χ4v) is 2.36. The van der Waals surface area contributed by atoms with Gasteiger partial charge in [0.25, 0.3) is 11.8 Å². The molecule has 0 fully saturated rings. The highest BCUT2D eigenvalue weighted by Crippen LogP contribution is 2.26. The van der Waals surface area contributed by atoms with Crippen molar-refractivity contribution in [2.45, 2.75) is 13.8 Å². The van der Waals surface area contributed by atoms with Gasteiger partial charge in [-0.15, -0.1) is 0 Å². The van der Waals surface area contributed by atoms with Gasteiger partial charge in [-0.2, -0.15) is 0 Å². The molecule has 0 aliphatic carbocycles. The Kier molecular flexibility index (Phi) is 5.39. The molecule has 2 amide bonds. The summed E-state index contributed by atoms with van der Waals surface area (Å²) in [5.41, 5.74) is 7.96. The van der Waals surface area contributed by atoms with Crippen molar-refractivity contribution < 1.29 is 14.3 Å². The number of hydrogen-bond acceptors (Lipinski definition) is 3. The smallest absolute Gasteiger partial charge is 0.262 e. The monoisotopic (exact) mass is 376 g/mol. The molecule has 6 heteroatoms. The summed E-state index contributed by atoms with van der Waals surface area (Å²) >= 11 is 3.48. The highest BCUT2D eigenvalue weighted by molar-refractivity contribution is 9.10. The maximum atomic E-state index is 12.0. The van der Waals surface area contributed by atoms with Crippen LogP contribution in [-0.4, -0.2) is 18.4 Å². The molecule has 0 atom stereocenters. The number of rotatable bonds is 5. The van der Waals surface area contributed by atoms with Gasteiger partial charge >= 0.3 is 0 Å². The van der Waals surface area contributed by atoms with E-state index in [0.29, 0.717) is 11.4 Å². The summed E-state index contributed by atoms with van der Waals surface area (Å²) in [5, 5.41) is 2.63. The van der Waals surface area contributed by atoms with Crippen LogP contribution in [0.25, 0.3) is 0 Å². The molecule has 3 N–H and O–H groups in total. The number of aryl methyl sites for hydroxylation is 2. The van der Waals surface area contributed by atoms with Gasteiger partial charge in [0.1, 0.15) is 5.75 Å². The minimum atomic E-state index is -0.596. The van der Waals surface area contributed by atoms with Crippen molar-refractivity contribution in [3.8, 4) is 5.75 Å². The van der Waals surface area contributed by atoms with E-state index in [2.05, 4.69) is 21.2 Å². The van der Waals surface area contributed by atoms with Gasteiger partial charge in [0.2, 0.25) is 0 Å². The van der Waals surface area contributed by atoms with Crippen LogP contribution in [0.3, 0.4) is 0 Å². The second-order valence-electron chi connectivity index (χ2n) is 5.12. The third kappa shape index (κ3) is 4.32. The van der Waals surface area contributed by atoms with Gasteiger partial charge in [-0.1, -0.05) is 28.1 Å².